The molecule has 4 nitrogen and oxygen atoms in total. The quantitative estimate of drug-likeness (QED) is 0.709. The number of pyridine rings is 1. The van der Waals surface area contributed by atoms with Gasteiger partial charge in [-0.25, -0.2) is 4.98 Å². The number of rotatable bonds is 2. The predicted molar refractivity (Wildman–Crippen MR) is 63.0 cm³/mol. The van der Waals surface area contributed by atoms with Gasteiger partial charge < -0.3 is 4.98 Å². The van der Waals surface area contributed by atoms with Gasteiger partial charge in [-0.15, -0.1) is 0 Å². The normalized spacial score (nSPS) is 11.1. The molecule has 0 bridgehead atoms. The second kappa shape index (κ2) is 3.48. The molecule has 16 heavy (non-hydrogen) atoms. The van der Waals surface area contributed by atoms with Crippen LogP contribution in [0.1, 0.15) is 6.92 Å². The standard InChI is InChI=1S/C12H12N4/c1-2-16-8-11(7-15-16)10-5-9-3-4-13-12(9)14-6-10/h3-8H,2H2,1H3,(H,13,14). The molecule has 0 unspecified atom stereocenters. The largest absolute Gasteiger partial charge is 0.346 e. The van der Waals surface area contributed by atoms with Crippen molar-refractivity contribution in [1.82, 2.24) is 19.7 Å². The fourth-order valence-electron chi connectivity index (χ4n) is 1.78. The van der Waals surface area contributed by atoms with Crippen LogP contribution in [0.3, 0.4) is 0 Å². The molecule has 0 saturated carbocycles. The van der Waals surface area contributed by atoms with E-state index >= 15 is 0 Å². The molecule has 3 rings (SSSR count). The summed E-state index contributed by atoms with van der Waals surface area (Å²) in [5.41, 5.74) is 3.14. The molecule has 3 heterocycles. The van der Waals surface area contributed by atoms with Crippen LogP contribution in [0.5, 0.6) is 0 Å². The second-order valence-electron chi connectivity index (χ2n) is 3.72. The van der Waals surface area contributed by atoms with Gasteiger partial charge in [0.2, 0.25) is 0 Å². The Labute approximate surface area is 92.9 Å². The molecule has 0 aliphatic rings. The Kier molecular flexibility index (Phi) is 1.99. The van der Waals surface area contributed by atoms with Crippen molar-refractivity contribution < 1.29 is 0 Å². The fourth-order valence-corrected chi connectivity index (χ4v) is 1.78. The van der Waals surface area contributed by atoms with Gasteiger partial charge in [-0.2, -0.15) is 5.10 Å². The molecule has 1 N–H and O–H groups in total. The number of nitrogens with one attached hydrogen (secondary N) is 1. The first-order valence-electron chi connectivity index (χ1n) is 5.33. The molecule has 3 aromatic heterocycles. The van der Waals surface area contributed by atoms with Gasteiger partial charge in [-0.3, -0.25) is 4.68 Å². The minimum absolute atomic E-state index is 0.889. The van der Waals surface area contributed by atoms with E-state index in [4.69, 9.17) is 0 Å². The Morgan fingerprint density at radius 1 is 1.31 bits per heavy atom. The molecule has 0 spiro atoms. The smallest absolute Gasteiger partial charge is 0.137 e. The summed E-state index contributed by atoms with van der Waals surface area (Å²) < 4.78 is 1.91. The number of hydrogen-bond donors (Lipinski definition) is 1. The molecule has 0 aromatic carbocycles. The predicted octanol–water partition coefficient (Wildman–Crippen LogP) is 2.45. The third kappa shape index (κ3) is 1.39. The van der Waals surface area contributed by atoms with Gasteiger partial charge in [0.15, 0.2) is 0 Å². The number of H-pyrrole nitrogens is 1. The minimum Gasteiger partial charge on any atom is -0.346 e. The van der Waals surface area contributed by atoms with Gasteiger partial charge in [0.05, 0.1) is 6.20 Å². The van der Waals surface area contributed by atoms with Crippen LogP contribution in [-0.2, 0) is 6.54 Å². The molecule has 0 saturated heterocycles. The monoisotopic (exact) mass is 212 g/mol. The maximum absolute atomic E-state index is 4.36. The lowest BCUT2D eigenvalue weighted by Crippen LogP contribution is -1.91. The number of aryl methyl sites for hydroxylation is 1. The van der Waals surface area contributed by atoms with Crippen LogP contribution in [0, 0.1) is 0 Å². The maximum Gasteiger partial charge on any atom is 0.137 e. The summed E-state index contributed by atoms with van der Waals surface area (Å²) in [5, 5.41) is 5.39. The Bertz CT molecular complexity index is 621. The molecule has 4 heteroatoms. The molecule has 3 aromatic rings. The highest BCUT2D eigenvalue weighted by atomic mass is 15.3. The minimum atomic E-state index is 0.889. The lowest BCUT2D eigenvalue weighted by atomic mass is 10.1. The first kappa shape index (κ1) is 9.15. The second-order valence-corrected chi connectivity index (χ2v) is 3.72. The first-order valence-corrected chi connectivity index (χ1v) is 5.33. The number of fused-ring (bicyclic) bond motifs is 1. The van der Waals surface area contributed by atoms with Gasteiger partial charge in [-0.05, 0) is 19.1 Å². The van der Waals surface area contributed by atoms with Crippen molar-refractivity contribution in [2.45, 2.75) is 13.5 Å². The zero-order valence-electron chi connectivity index (χ0n) is 9.01. The van der Waals surface area contributed by atoms with Crippen LogP contribution in [0.25, 0.3) is 22.2 Å². The Morgan fingerprint density at radius 2 is 2.25 bits per heavy atom. The zero-order valence-corrected chi connectivity index (χ0v) is 9.01. The van der Waals surface area contributed by atoms with Crippen molar-refractivity contribution in [3.8, 4) is 11.1 Å². The summed E-state index contributed by atoms with van der Waals surface area (Å²) in [6.45, 7) is 2.96. The number of hydrogen-bond acceptors (Lipinski definition) is 2. The summed E-state index contributed by atoms with van der Waals surface area (Å²) in [6.07, 6.45) is 7.68. The Hall–Kier alpha value is -2.10. The summed E-state index contributed by atoms with van der Waals surface area (Å²) in [6, 6.07) is 4.14. The highest BCUT2D eigenvalue weighted by Gasteiger charge is 2.03. The molecular formula is C12H12N4. The van der Waals surface area contributed by atoms with E-state index < -0.39 is 0 Å². The molecule has 0 fully saturated rings. The lowest BCUT2D eigenvalue weighted by Gasteiger charge is -1.96. The van der Waals surface area contributed by atoms with E-state index in [0.717, 1.165) is 28.7 Å². The number of aromatic amines is 1. The Morgan fingerprint density at radius 3 is 3.06 bits per heavy atom. The van der Waals surface area contributed by atoms with Crippen molar-refractivity contribution in [1.29, 1.82) is 0 Å². The van der Waals surface area contributed by atoms with Crippen LogP contribution in [0.15, 0.2) is 36.9 Å². The number of nitrogens with zero attached hydrogens (tertiary/aromatic N) is 3. The van der Waals surface area contributed by atoms with E-state index in [1.54, 1.807) is 0 Å². The summed E-state index contributed by atoms with van der Waals surface area (Å²) in [4.78, 5) is 7.44. The molecule has 0 aliphatic carbocycles. The van der Waals surface area contributed by atoms with Gasteiger partial charge >= 0.3 is 0 Å². The van der Waals surface area contributed by atoms with E-state index in [2.05, 4.69) is 28.1 Å². The molecule has 0 atom stereocenters. The van der Waals surface area contributed by atoms with Crippen LogP contribution < -0.4 is 0 Å². The van der Waals surface area contributed by atoms with Crippen molar-refractivity contribution >= 4 is 11.0 Å². The third-order valence-electron chi connectivity index (χ3n) is 2.69. The van der Waals surface area contributed by atoms with Crippen LogP contribution in [0.4, 0.5) is 0 Å². The fraction of sp³-hybridized carbons (Fsp3) is 0.167. The van der Waals surface area contributed by atoms with Gasteiger partial charge in [0.1, 0.15) is 5.65 Å². The van der Waals surface area contributed by atoms with Gasteiger partial charge in [0.25, 0.3) is 0 Å². The molecular weight excluding hydrogens is 200 g/mol. The molecule has 0 radical (unpaired) electrons. The van der Waals surface area contributed by atoms with Crippen molar-refractivity contribution in [3.63, 3.8) is 0 Å². The van der Waals surface area contributed by atoms with Gasteiger partial charge in [0, 0.05) is 41.6 Å². The summed E-state index contributed by atoms with van der Waals surface area (Å²) >= 11 is 0. The molecule has 0 aliphatic heterocycles. The molecule has 0 amide bonds. The van der Waals surface area contributed by atoms with Crippen LogP contribution in [-0.4, -0.2) is 19.7 Å². The van der Waals surface area contributed by atoms with E-state index in [1.807, 2.05) is 35.5 Å². The van der Waals surface area contributed by atoms with E-state index in [9.17, 15) is 0 Å². The highest BCUT2D eigenvalue weighted by Crippen LogP contribution is 2.21. The summed E-state index contributed by atoms with van der Waals surface area (Å²) in [5.74, 6) is 0. The van der Waals surface area contributed by atoms with Crippen LogP contribution >= 0.6 is 0 Å². The van der Waals surface area contributed by atoms with Gasteiger partial charge in [-0.1, -0.05) is 0 Å². The van der Waals surface area contributed by atoms with E-state index in [-0.39, 0.29) is 0 Å². The lowest BCUT2D eigenvalue weighted by molar-refractivity contribution is 0.660. The average Bonchev–Trinajstić information content (AvgIpc) is 2.96. The summed E-state index contributed by atoms with van der Waals surface area (Å²) in [7, 11) is 0. The van der Waals surface area contributed by atoms with E-state index in [0.29, 0.717) is 0 Å². The SMILES string of the molecule is CCn1cc(-c2cnc3[nH]ccc3c2)cn1. The first-order chi connectivity index (χ1) is 7.86. The third-order valence-corrected chi connectivity index (χ3v) is 2.69. The zero-order chi connectivity index (χ0) is 11.0. The molecule has 80 valence electrons. The van der Waals surface area contributed by atoms with Crippen molar-refractivity contribution in [2.75, 3.05) is 0 Å². The Balaban J connectivity index is 2.10. The average molecular weight is 212 g/mol. The highest BCUT2D eigenvalue weighted by molar-refractivity contribution is 5.80. The van der Waals surface area contributed by atoms with Crippen molar-refractivity contribution in [3.05, 3.63) is 36.9 Å². The number of aromatic nitrogens is 4. The topological polar surface area (TPSA) is 46.5 Å². The van der Waals surface area contributed by atoms with Crippen molar-refractivity contribution in [2.24, 2.45) is 0 Å². The van der Waals surface area contributed by atoms with Crippen LogP contribution in [0.2, 0.25) is 0 Å². The maximum atomic E-state index is 4.36. The van der Waals surface area contributed by atoms with E-state index in [1.165, 1.54) is 0 Å².